The molecule has 2 fully saturated rings. The zero-order valence-corrected chi connectivity index (χ0v) is 28.0. The Bertz CT molecular complexity index is 1320. The number of nitrogens with zero attached hydrogens (tertiary/aromatic N) is 1. The SMILES string of the molecule is Cc1cn([C@@H]2O[C@H]3COO[Si](C(C)C)(C(C)CCC(C)[SH+]C(C)C)O[C@@H]3[C@H]2OC(=S)Oc2ccccc2)c(=O)[nH]c1=O. The van der Waals surface area contributed by atoms with Crippen molar-refractivity contribution < 1.29 is 28.1 Å². The van der Waals surface area contributed by atoms with E-state index in [-0.39, 0.29) is 22.9 Å². The first-order valence-electron chi connectivity index (χ1n) is 14.5. The summed E-state index contributed by atoms with van der Waals surface area (Å²) in [5, 5.41) is 1.01. The number of ether oxygens (including phenoxy) is 3. The highest BCUT2D eigenvalue weighted by Gasteiger charge is 2.59. The summed E-state index contributed by atoms with van der Waals surface area (Å²) in [6.45, 7) is 14.8. The predicted molar refractivity (Wildman–Crippen MR) is 169 cm³/mol. The van der Waals surface area contributed by atoms with Gasteiger partial charge in [-0.15, -0.1) is 0 Å². The molecule has 232 valence electrons. The van der Waals surface area contributed by atoms with Crippen LogP contribution >= 0.6 is 12.2 Å². The third-order valence-corrected chi connectivity index (χ3v) is 13.5. The molecule has 3 heterocycles. The minimum Gasteiger partial charge on any atom is -0.446 e. The van der Waals surface area contributed by atoms with Gasteiger partial charge in [0.1, 0.15) is 35.1 Å². The highest BCUT2D eigenvalue weighted by Crippen LogP contribution is 2.45. The number of fused-ring (bicyclic) bond motifs is 1. The summed E-state index contributed by atoms with van der Waals surface area (Å²) < 4.78 is 32.9. The molecule has 13 heteroatoms. The van der Waals surface area contributed by atoms with Crippen LogP contribution in [0.3, 0.4) is 0 Å². The number of para-hydroxylation sites is 1. The van der Waals surface area contributed by atoms with Gasteiger partial charge in [-0.2, -0.15) is 0 Å². The Morgan fingerprint density at radius 1 is 1.14 bits per heavy atom. The monoisotopic (exact) mass is 639 g/mol. The van der Waals surface area contributed by atoms with E-state index in [1.807, 2.05) is 18.2 Å². The first-order chi connectivity index (χ1) is 19.9. The summed E-state index contributed by atoms with van der Waals surface area (Å²) in [4.78, 5) is 33.3. The number of hydrogen-bond acceptors (Lipinski definition) is 9. The summed E-state index contributed by atoms with van der Waals surface area (Å²) in [6.07, 6.45) is 0.224. The molecule has 1 aromatic carbocycles. The van der Waals surface area contributed by atoms with E-state index in [1.54, 1.807) is 19.1 Å². The fraction of sp³-hybridized carbons (Fsp3) is 0.621. The second-order valence-corrected chi connectivity index (χ2v) is 18.2. The summed E-state index contributed by atoms with van der Waals surface area (Å²) in [5.41, 5.74) is -0.627. The molecule has 0 amide bonds. The third kappa shape index (κ3) is 7.55. The smallest absolute Gasteiger partial charge is 0.381 e. The van der Waals surface area contributed by atoms with Crippen LogP contribution in [0.15, 0.2) is 46.1 Å². The quantitative estimate of drug-likeness (QED) is 0.132. The number of aromatic nitrogens is 2. The van der Waals surface area contributed by atoms with Gasteiger partial charge in [-0.05, 0) is 70.0 Å². The number of thiocarbonyl (C=S) groups is 1. The van der Waals surface area contributed by atoms with Gasteiger partial charge >= 0.3 is 19.5 Å². The summed E-state index contributed by atoms with van der Waals surface area (Å²) >= 11 is 6.92. The molecule has 10 nitrogen and oxygen atoms in total. The number of rotatable bonds is 10. The molecule has 0 spiro atoms. The number of aromatic amines is 1. The maximum atomic E-state index is 13.0. The Morgan fingerprint density at radius 2 is 1.86 bits per heavy atom. The van der Waals surface area contributed by atoms with Gasteiger partial charge in [0, 0.05) is 29.5 Å². The van der Waals surface area contributed by atoms with Gasteiger partial charge in [-0.3, -0.25) is 18.9 Å². The van der Waals surface area contributed by atoms with Crippen LogP contribution in [-0.2, 0) is 35.1 Å². The van der Waals surface area contributed by atoms with Gasteiger partial charge in [0.05, 0.1) is 0 Å². The van der Waals surface area contributed by atoms with Crippen molar-refractivity contribution in [3.05, 3.63) is 62.9 Å². The van der Waals surface area contributed by atoms with Crippen molar-refractivity contribution in [2.75, 3.05) is 6.61 Å². The maximum absolute atomic E-state index is 13.0. The van der Waals surface area contributed by atoms with E-state index in [0.717, 1.165) is 12.8 Å². The highest BCUT2D eigenvalue weighted by atomic mass is 32.2. The molecule has 3 unspecified atom stereocenters. The van der Waals surface area contributed by atoms with E-state index in [4.69, 9.17) is 40.3 Å². The molecule has 2 saturated heterocycles. The van der Waals surface area contributed by atoms with Crippen molar-refractivity contribution in [2.24, 2.45) is 0 Å². The predicted octanol–water partition coefficient (Wildman–Crippen LogP) is 4.47. The molecule has 42 heavy (non-hydrogen) atoms. The Morgan fingerprint density at radius 3 is 2.52 bits per heavy atom. The maximum Gasteiger partial charge on any atom is 0.381 e. The molecule has 2 aromatic rings. The minimum absolute atomic E-state index is 0.0365. The minimum atomic E-state index is -3.05. The molecule has 0 saturated carbocycles. The number of thiol groups is 1. The molecule has 1 aromatic heterocycles. The standard InChI is InChI=1S/C29H42N2O8S2Si/c1-17(2)41-20(6)13-14-21(7)42(18(3)4)38-24-23(16-34-39-42)36-27(31-15-19(5)26(32)30-28(31)33)25(24)37-29(40)35-22-11-9-8-10-12-22/h8-12,15,17-18,20-21,23-25,27H,13-14,16H2,1-7H3,(H,30,32,33)/p+1/t20?,21?,23-,24-,25+,27+,42?/m0/s1. The van der Waals surface area contributed by atoms with Crippen LogP contribution in [0.25, 0.3) is 0 Å². The fourth-order valence-electron chi connectivity index (χ4n) is 5.53. The summed E-state index contributed by atoms with van der Waals surface area (Å²) in [6, 6.07) is 9.05. The number of H-pyrrole nitrogens is 1. The number of nitrogens with one attached hydrogen (secondary N) is 1. The van der Waals surface area contributed by atoms with Crippen LogP contribution in [0.1, 0.15) is 66.2 Å². The van der Waals surface area contributed by atoms with Gasteiger partial charge < -0.3 is 18.6 Å². The van der Waals surface area contributed by atoms with Crippen molar-refractivity contribution in [3.63, 3.8) is 0 Å². The van der Waals surface area contributed by atoms with Gasteiger partial charge in [0.15, 0.2) is 12.3 Å². The second kappa shape index (κ2) is 14.2. The average molecular weight is 640 g/mol. The Hall–Kier alpha value is -2.00. The zero-order chi connectivity index (χ0) is 30.6. The first kappa shape index (κ1) is 32.9. The van der Waals surface area contributed by atoms with E-state index < -0.39 is 44.3 Å². The molecular weight excluding hydrogens is 597 g/mol. The van der Waals surface area contributed by atoms with Gasteiger partial charge in [0.2, 0.25) is 0 Å². The number of benzene rings is 1. The lowest BCUT2D eigenvalue weighted by molar-refractivity contribution is -0.242. The first-order valence-corrected chi connectivity index (χ1v) is 17.9. The van der Waals surface area contributed by atoms with Crippen molar-refractivity contribution in [1.82, 2.24) is 9.55 Å². The van der Waals surface area contributed by atoms with E-state index in [2.05, 4.69) is 46.5 Å². The molecule has 4 rings (SSSR count). The molecule has 2 aliphatic heterocycles. The van der Waals surface area contributed by atoms with Crippen LogP contribution in [0.4, 0.5) is 0 Å². The van der Waals surface area contributed by atoms with Crippen LogP contribution in [0.2, 0.25) is 11.1 Å². The molecule has 1 N–H and O–H groups in total. The lowest BCUT2D eigenvalue weighted by Crippen LogP contribution is -2.53. The van der Waals surface area contributed by atoms with Crippen molar-refractivity contribution in [2.45, 2.75) is 107 Å². The molecule has 2 aliphatic rings. The average Bonchev–Trinajstić information content (AvgIpc) is 3.11. The second-order valence-electron chi connectivity index (χ2n) is 11.7. The number of hydrogen-bond donors (Lipinski definition) is 1. The normalized spacial score (nSPS) is 27.4. The molecule has 0 aliphatic carbocycles. The Balaban J connectivity index is 1.66. The van der Waals surface area contributed by atoms with Crippen LogP contribution in [0, 0.1) is 6.92 Å². The van der Waals surface area contributed by atoms with Crippen molar-refractivity contribution in [3.8, 4) is 5.75 Å². The summed E-state index contributed by atoms with van der Waals surface area (Å²) in [5.74, 6) is 0.509. The van der Waals surface area contributed by atoms with E-state index in [9.17, 15) is 9.59 Å². The zero-order valence-electron chi connectivity index (χ0n) is 25.3. The Labute approximate surface area is 257 Å². The molecular formula is C29H43N2O8S2Si+. The lowest BCUT2D eigenvalue weighted by Gasteiger charge is -2.39. The van der Waals surface area contributed by atoms with Crippen LogP contribution in [-0.4, -0.2) is 58.8 Å². The van der Waals surface area contributed by atoms with Crippen molar-refractivity contribution >= 4 is 37.8 Å². The largest absolute Gasteiger partial charge is 0.446 e. The lowest BCUT2D eigenvalue weighted by atomic mass is 10.1. The molecule has 0 radical (unpaired) electrons. The fourth-order valence-corrected chi connectivity index (χ4v) is 10.6. The number of aryl methyl sites for hydroxylation is 1. The highest BCUT2D eigenvalue weighted by molar-refractivity contribution is 7.80. The van der Waals surface area contributed by atoms with Gasteiger partial charge in [-0.1, -0.05) is 39.0 Å². The molecule has 0 bridgehead atoms. The van der Waals surface area contributed by atoms with Gasteiger partial charge in [0.25, 0.3) is 5.56 Å². The van der Waals surface area contributed by atoms with Gasteiger partial charge in [-0.25, -0.2) is 9.68 Å². The Kier molecular flexibility index (Phi) is 11.1. The van der Waals surface area contributed by atoms with Crippen molar-refractivity contribution in [1.29, 1.82) is 0 Å². The topological polar surface area (TPSA) is 110 Å². The summed E-state index contributed by atoms with van der Waals surface area (Å²) in [7, 11) is -3.05. The van der Waals surface area contributed by atoms with Crippen LogP contribution < -0.4 is 16.0 Å². The third-order valence-electron chi connectivity index (χ3n) is 7.69. The van der Waals surface area contributed by atoms with E-state index in [0.29, 0.717) is 21.8 Å². The van der Waals surface area contributed by atoms with E-state index in [1.165, 1.54) is 22.5 Å². The van der Waals surface area contributed by atoms with Crippen LogP contribution in [0.5, 0.6) is 5.75 Å². The molecule has 7 atom stereocenters. The van der Waals surface area contributed by atoms with E-state index >= 15 is 0 Å².